The number of hydrogen-bond acceptors (Lipinski definition) is 5. The molecule has 1 aliphatic heterocycles. The molecule has 1 saturated heterocycles. The van der Waals surface area contributed by atoms with E-state index in [1.807, 2.05) is 12.1 Å². The Balaban J connectivity index is 1.66. The number of ether oxygens (including phenoxy) is 2. The summed E-state index contributed by atoms with van der Waals surface area (Å²) in [7, 11) is 1.68. The largest absolute Gasteiger partial charge is 0.497 e. The van der Waals surface area contributed by atoms with Crippen LogP contribution in [0.4, 0.5) is 0 Å². The third kappa shape index (κ3) is 4.13. The molecule has 1 aromatic carbocycles. The molecule has 3 rings (SSSR count). The molecule has 2 atom stereocenters. The Morgan fingerprint density at radius 1 is 1.35 bits per heavy atom. The van der Waals surface area contributed by atoms with E-state index in [9.17, 15) is 5.11 Å². The summed E-state index contributed by atoms with van der Waals surface area (Å²) in [4.78, 5) is 2.35. The summed E-state index contributed by atoms with van der Waals surface area (Å²) in [6.07, 6.45) is 1.58. The summed E-state index contributed by atoms with van der Waals surface area (Å²) >= 11 is 0. The molecule has 0 amide bonds. The van der Waals surface area contributed by atoms with Gasteiger partial charge < -0.3 is 19.0 Å². The van der Waals surface area contributed by atoms with Crippen LogP contribution in [0.2, 0.25) is 0 Å². The number of benzene rings is 1. The molecule has 5 nitrogen and oxygen atoms in total. The highest BCUT2D eigenvalue weighted by atomic mass is 16.5. The van der Waals surface area contributed by atoms with Crippen LogP contribution < -0.4 is 4.74 Å². The number of rotatable bonds is 6. The first kappa shape index (κ1) is 16.1. The molecule has 2 aromatic rings. The van der Waals surface area contributed by atoms with Gasteiger partial charge in [-0.15, -0.1) is 0 Å². The van der Waals surface area contributed by atoms with Crippen LogP contribution in [0.5, 0.6) is 5.75 Å². The molecule has 124 valence electrons. The van der Waals surface area contributed by atoms with Crippen molar-refractivity contribution in [3.63, 3.8) is 0 Å². The van der Waals surface area contributed by atoms with Gasteiger partial charge in [0.25, 0.3) is 0 Å². The molecular formula is C18H23NO4. The normalized spacial score (nSPS) is 20.3. The minimum absolute atomic E-state index is 0.162. The van der Waals surface area contributed by atoms with E-state index in [0.29, 0.717) is 18.8 Å². The highest BCUT2D eigenvalue weighted by molar-refractivity contribution is 5.28. The molecular weight excluding hydrogens is 294 g/mol. The standard InChI is InChI=1S/C18H23NO4/c1-21-16-5-2-4-14(10-16)12-19-7-9-22-13-15(19)11-17(20)18-6-3-8-23-18/h2-6,8,10,15,17,20H,7,9,11-13H2,1H3. The van der Waals surface area contributed by atoms with Crippen molar-refractivity contribution in [1.29, 1.82) is 0 Å². The average molecular weight is 317 g/mol. The van der Waals surface area contributed by atoms with Crippen LogP contribution in [-0.2, 0) is 11.3 Å². The van der Waals surface area contributed by atoms with Crippen molar-refractivity contribution in [3.8, 4) is 5.75 Å². The van der Waals surface area contributed by atoms with Crippen molar-refractivity contribution in [2.45, 2.75) is 25.1 Å². The van der Waals surface area contributed by atoms with E-state index in [4.69, 9.17) is 13.9 Å². The van der Waals surface area contributed by atoms with Gasteiger partial charge in [-0.2, -0.15) is 0 Å². The molecule has 23 heavy (non-hydrogen) atoms. The zero-order valence-corrected chi connectivity index (χ0v) is 13.4. The molecule has 1 N–H and O–H groups in total. The second-order valence-corrected chi connectivity index (χ2v) is 5.82. The third-order valence-corrected chi connectivity index (χ3v) is 4.24. The Morgan fingerprint density at radius 2 is 2.26 bits per heavy atom. The topological polar surface area (TPSA) is 55.1 Å². The molecule has 2 unspecified atom stereocenters. The molecule has 2 heterocycles. The lowest BCUT2D eigenvalue weighted by molar-refractivity contribution is -0.0323. The van der Waals surface area contributed by atoms with Gasteiger partial charge in [0.1, 0.15) is 17.6 Å². The fraction of sp³-hybridized carbons (Fsp3) is 0.444. The number of methoxy groups -OCH3 is 1. The maximum absolute atomic E-state index is 10.3. The summed E-state index contributed by atoms with van der Waals surface area (Å²) < 4.78 is 16.2. The maximum atomic E-state index is 10.3. The number of furan rings is 1. The molecule has 1 aliphatic rings. The van der Waals surface area contributed by atoms with E-state index in [1.54, 1.807) is 25.5 Å². The predicted octanol–water partition coefficient (Wildman–Crippen LogP) is 2.61. The fourth-order valence-corrected chi connectivity index (χ4v) is 2.97. The van der Waals surface area contributed by atoms with Crippen molar-refractivity contribution in [3.05, 3.63) is 54.0 Å². The number of aliphatic hydroxyl groups is 1. The summed E-state index contributed by atoms with van der Waals surface area (Å²) in [5.74, 6) is 1.47. The van der Waals surface area contributed by atoms with Gasteiger partial charge in [-0.25, -0.2) is 0 Å². The monoisotopic (exact) mass is 317 g/mol. The molecule has 5 heteroatoms. The highest BCUT2D eigenvalue weighted by Gasteiger charge is 2.27. The van der Waals surface area contributed by atoms with Crippen molar-refractivity contribution in [2.24, 2.45) is 0 Å². The Kier molecular flexibility index (Phi) is 5.33. The molecule has 0 spiro atoms. The smallest absolute Gasteiger partial charge is 0.132 e. The first-order chi connectivity index (χ1) is 11.3. The van der Waals surface area contributed by atoms with Crippen LogP contribution in [-0.4, -0.2) is 42.9 Å². The van der Waals surface area contributed by atoms with Crippen molar-refractivity contribution >= 4 is 0 Å². The Hall–Kier alpha value is -1.82. The molecule has 0 aliphatic carbocycles. The second-order valence-electron chi connectivity index (χ2n) is 5.82. The maximum Gasteiger partial charge on any atom is 0.132 e. The van der Waals surface area contributed by atoms with Crippen LogP contribution in [0.25, 0.3) is 0 Å². The van der Waals surface area contributed by atoms with Crippen LogP contribution in [0.3, 0.4) is 0 Å². The Bertz CT molecular complexity index is 599. The van der Waals surface area contributed by atoms with E-state index in [2.05, 4.69) is 17.0 Å². The number of hydrogen-bond donors (Lipinski definition) is 1. The predicted molar refractivity (Wildman–Crippen MR) is 86.3 cm³/mol. The van der Waals surface area contributed by atoms with Gasteiger partial charge in [-0.05, 0) is 36.2 Å². The molecule has 0 bridgehead atoms. The second kappa shape index (κ2) is 7.64. The highest BCUT2D eigenvalue weighted by Crippen LogP contribution is 2.24. The first-order valence-electron chi connectivity index (χ1n) is 7.92. The van der Waals surface area contributed by atoms with Gasteiger partial charge in [0.05, 0.1) is 26.6 Å². The van der Waals surface area contributed by atoms with Crippen LogP contribution >= 0.6 is 0 Å². The van der Waals surface area contributed by atoms with E-state index in [0.717, 1.165) is 25.4 Å². The summed E-state index contributed by atoms with van der Waals surface area (Å²) in [6.45, 7) is 3.02. The molecule has 1 fully saturated rings. The van der Waals surface area contributed by atoms with Crippen molar-refractivity contribution in [2.75, 3.05) is 26.9 Å². The van der Waals surface area contributed by atoms with Gasteiger partial charge in [0.2, 0.25) is 0 Å². The lowest BCUT2D eigenvalue weighted by atomic mass is 10.0. The molecule has 1 aromatic heterocycles. The molecule has 0 radical (unpaired) electrons. The Morgan fingerprint density at radius 3 is 3.04 bits per heavy atom. The van der Waals surface area contributed by atoms with E-state index >= 15 is 0 Å². The van der Waals surface area contributed by atoms with Gasteiger partial charge >= 0.3 is 0 Å². The minimum atomic E-state index is -0.607. The SMILES string of the molecule is COc1cccc(CN2CCOCC2CC(O)c2ccco2)c1. The van der Waals surface area contributed by atoms with E-state index in [-0.39, 0.29) is 6.04 Å². The van der Waals surface area contributed by atoms with Crippen molar-refractivity contribution in [1.82, 2.24) is 4.90 Å². The first-order valence-corrected chi connectivity index (χ1v) is 7.92. The van der Waals surface area contributed by atoms with E-state index in [1.165, 1.54) is 5.56 Å². The minimum Gasteiger partial charge on any atom is -0.497 e. The summed E-state index contributed by atoms with van der Waals surface area (Å²) in [5.41, 5.74) is 1.20. The summed E-state index contributed by atoms with van der Waals surface area (Å²) in [6, 6.07) is 11.9. The lowest BCUT2D eigenvalue weighted by Crippen LogP contribution is -2.45. The quantitative estimate of drug-likeness (QED) is 0.887. The van der Waals surface area contributed by atoms with Gasteiger partial charge in [0.15, 0.2) is 0 Å². The zero-order valence-electron chi connectivity index (χ0n) is 13.4. The number of morpholine rings is 1. The van der Waals surface area contributed by atoms with Crippen LogP contribution in [0.1, 0.15) is 23.8 Å². The molecule has 0 saturated carbocycles. The fourth-order valence-electron chi connectivity index (χ4n) is 2.97. The third-order valence-electron chi connectivity index (χ3n) is 4.24. The zero-order chi connectivity index (χ0) is 16.1. The average Bonchev–Trinajstić information content (AvgIpc) is 3.11. The van der Waals surface area contributed by atoms with Gasteiger partial charge in [-0.3, -0.25) is 4.90 Å². The number of aliphatic hydroxyl groups excluding tert-OH is 1. The summed E-state index contributed by atoms with van der Waals surface area (Å²) in [5, 5.41) is 10.3. The number of nitrogens with zero attached hydrogens (tertiary/aromatic N) is 1. The Labute approximate surface area is 136 Å². The van der Waals surface area contributed by atoms with Gasteiger partial charge in [-0.1, -0.05) is 12.1 Å². The lowest BCUT2D eigenvalue weighted by Gasteiger charge is -2.36. The van der Waals surface area contributed by atoms with Crippen molar-refractivity contribution < 1.29 is 19.0 Å². The van der Waals surface area contributed by atoms with Gasteiger partial charge in [0, 0.05) is 19.1 Å². The van der Waals surface area contributed by atoms with Crippen LogP contribution in [0.15, 0.2) is 47.1 Å². The van der Waals surface area contributed by atoms with E-state index < -0.39 is 6.10 Å². The van der Waals surface area contributed by atoms with Crippen LogP contribution in [0, 0.1) is 0 Å².